The van der Waals surface area contributed by atoms with Crippen LogP contribution in [0.1, 0.15) is 26.2 Å². The van der Waals surface area contributed by atoms with E-state index in [-0.39, 0.29) is 6.61 Å². The lowest BCUT2D eigenvalue weighted by Crippen LogP contribution is -1.75. The molecule has 0 saturated heterocycles. The van der Waals surface area contributed by atoms with Crippen LogP contribution in [-0.4, -0.2) is 17.5 Å². The second-order valence-corrected chi connectivity index (χ2v) is 3.12. The molecule has 0 bridgehead atoms. The maximum Gasteiger partial charge on any atom is 0.0465 e. The van der Waals surface area contributed by atoms with E-state index in [0.29, 0.717) is 0 Å². The zero-order valence-electron chi connectivity index (χ0n) is 6.55. The normalized spacial score (nSPS) is 11.0. The molecule has 0 rings (SSSR count). The molecule has 2 heteroatoms. The fraction of sp³-hybridized carbons (Fsp3) is 0.750. The smallest absolute Gasteiger partial charge is 0.0465 e. The average molecular weight is 160 g/mol. The summed E-state index contributed by atoms with van der Waals surface area (Å²) in [5.41, 5.74) is 0. The molecule has 0 heterocycles. The lowest BCUT2D eigenvalue weighted by molar-refractivity contribution is 0.302. The van der Waals surface area contributed by atoms with Gasteiger partial charge in [0.15, 0.2) is 0 Å². The SMILES string of the molecule is CCCCS/C=C/CCO. The van der Waals surface area contributed by atoms with Crippen LogP contribution >= 0.6 is 11.8 Å². The van der Waals surface area contributed by atoms with Gasteiger partial charge in [0.25, 0.3) is 0 Å². The number of aliphatic hydroxyl groups is 1. The maximum atomic E-state index is 8.41. The predicted molar refractivity (Wildman–Crippen MR) is 48.2 cm³/mol. The lowest BCUT2D eigenvalue weighted by Gasteiger charge is -1.90. The Hall–Kier alpha value is 0.0500. The molecule has 0 aromatic rings. The monoisotopic (exact) mass is 160 g/mol. The molecular formula is C8H16OS. The Morgan fingerprint density at radius 1 is 1.50 bits per heavy atom. The van der Waals surface area contributed by atoms with E-state index >= 15 is 0 Å². The molecule has 0 spiro atoms. The van der Waals surface area contributed by atoms with Crippen molar-refractivity contribution in [2.24, 2.45) is 0 Å². The fourth-order valence-corrected chi connectivity index (χ4v) is 1.37. The summed E-state index contributed by atoms with van der Waals surface area (Å²) in [6, 6.07) is 0. The number of thioether (sulfide) groups is 1. The largest absolute Gasteiger partial charge is 0.396 e. The van der Waals surface area contributed by atoms with Crippen LogP contribution in [0.4, 0.5) is 0 Å². The third-order valence-corrected chi connectivity index (χ3v) is 2.01. The number of aliphatic hydroxyl groups excluding tert-OH is 1. The molecule has 1 nitrogen and oxygen atoms in total. The molecule has 0 amide bonds. The summed E-state index contributed by atoms with van der Waals surface area (Å²) in [7, 11) is 0. The first kappa shape index (κ1) is 10.0. The van der Waals surface area contributed by atoms with E-state index in [0.717, 1.165) is 6.42 Å². The van der Waals surface area contributed by atoms with E-state index < -0.39 is 0 Å². The zero-order valence-corrected chi connectivity index (χ0v) is 7.36. The highest BCUT2D eigenvalue weighted by Crippen LogP contribution is 2.05. The van der Waals surface area contributed by atoms with Crippen LogP contribution in [0.25, 0.3) is 0 Å². The summed E-state index contributed by atoms with van der Waals surface area (Å²) in [4.78, 5) is 0. The summed E-state index contributed by atoms with van der Waals surface area (Å²) in [5.74, 6) is 1.21. The van der Waals surface area contributed by atoms with Crippen LogP contribution in [0, 0.1) is 0 Å². The maximum absolute atomic E-state index is 8.41. The highest BCUT2D eigenvalue weighted by atomic mass is 32.2. The van der Waals surface area contributed by atoms with Crippen LogP contribution in [0.15, 0.2) is 11.5 Å². The molecule has 10 heavy (non-hydrogen) atoms. The fourth-order valence-electron chi connectivity index (χ4n) is 0.506. The Kier molecular flexibility index (Phi) is 9.10. The van der Waals surface area contributed by atoms with E-state index in [2.05, 4.69) is 12.3 Å². The molecule has 0 unspecified atom stereocenters. The Bertz CT molecular complexity index is 81.3. The van der Waals surface area contributed by atoms with E-state index in [1.165, 1.54) is 18.6 Å². The van der Waals surface area contributed by atoms with Gasteiger partial charge in [0.1, 0.15) is 0 Å². The molecule has 60 valence electrons. The minimum absolute atomic E-state index is 0.269. The molecule has 0 atom stereocenters. The van der Waals surface area contributed by atoms with Crippen LogP contribution in [0.3, 0.4) is 0 Å². The Morgan fingerprint density at radius 2 is 2.30 bits per heavy atom. The van der Waals surface area contributed by atoms with Gasteiger partial charge in [-0.25, -0.2) is 0 Å². The molecule has 0 radical (unpaired) electrons. The van der Waals surface area contributed by atoms with Gasteiger partial charge in [0, 0.05) is 6.61 Å². The van der Waals surface area contributed by atoms with Gasteiger partial charge in [-0.05, 0) is 24.0 Å². The van der Waals surface area contributed by atoms with Gasteiger partial charge in [0.2, 0.25) is 0 Å². The van der Waals surface area contributed by atoms with Gasteiger partial charge in [-0.2, -0.15) is 0 Å². The van der Waals surface area contributed by atoms with Crippen LogP contribution in [0.5, 0.6) is 0 Å². The standard InChI is InChI=1S/C8H16OS/c1-2-3-7-10-8-5-4-6-9/h5,8-9H,2-4,6-7H2,1H3/b8-5+. The Balaban J connectivity index is 2.88. The summed E-state index contributed by atoms with van der Waals surface area (Å²) < 4.78 is 0. The molecule has 0 fully saturated rings. The van der Waals surface area contributed by atoms with Gasteiger partial charge in [0.05, 0.1) is 0 Å². The van der Waals surface area contributed by atoms with Crippen LogP contribution < -0.4 is 0 Å². The van der Waals surface area contributed by atoms with E-state index in [1.54, 1.807) is 0 Å². The van der Waals surface area contributed by atoms with Gasteiger partial charge in [-0.15, -0.1) is 11.8 Å². The molecule has 0 saturated carbocycles. The van der Waals surface area contributed by atoms with E-state index in [4.69, 9.17) is 5.11 Å². The molecule has 0 aliphatic rings. The average Bonchev–Trinajstić information content (AvgIpc) is 1.97. The minimum atomic E-state index is 0.269. The molecule has 0 aromatic heterocycles. The molecular weight excluding hydrogens is 144 g/mol. The minimum Gasteiger partial charge on any atom is -0.396 e. The number of rotatable bonds is 6. The van der Waals surface area contributed by atoms with Crippen molar-refractivity contribution in [3.8, 4) is 0 Å². The first-order valence-electron chi connectivity index (χ1n) is 3.79. The van der Waals surface area contributed by atoms with Gasteiger partial charge in [-0.1, -0.05) is 19.4 Å². The molecule has 1 N–H and O–H groups in total. The third-order valence-electron chi connectivity index (χ3n) is 1.10. The van der Waals surface area contributed by atoms with Crippen molar-refractivity contribution in [3.05, 3.63) is 11.5 Å². The first-order valence-corrected chi connectivity index (χ1v) is 4.84. The lowest BCUT2D eigenvalue weighted by atomic mass is 10.4. The summed E-state index contributed by atoms with van der Waals surface area (Å²) >= 11 is 1.83. The van der Waals surface area contributed by atoms with Crippen LogP contribution in [0.2, 0.25) is 0 Å². The van der Waals surface area contributed by atoms with Crippen molar-refractivity contribution < 1.29 is 5.11 Å². The van der Waals surface area contributed by atoms with Gasteiger partial charge < -0.3 is 5.11 Å². The molecule has 0 aliphatic carbocycles. The van der Waals surface area contributed by atoms with Crippen molar-refractivity contribution in [2.45, 2.75) is 26.2 Å². The quantitative estimate of drug-likeness (QED) is 0.602. The van der Waals surface area contributed by atoms with Gasteiger partial charge >= 0.3 is 0 Å². The van der Waals surface area contributed by atoms with Crippen molar-refractivity contribution in [3.63, 3.8) is 0 Å². The predicted octanol–water partition coefficient (Wildman–Crippen LogP) is 2.42. The number of unbranched alkanes of at least 4 members (excludes halogenated alkanes) is 1. The zero-order chi connectivity index (χ0) is 7.66. The highest BCUT2D eigenvalue weighted by molar-refractivity contribution is 8.02. The molecule has 0 aliphatic heterocycles. The summed E-state index contributed by atoms with van der Waals surface area (Å²) in [6.45, 7) is 2.46. The second kappa shape index (κ2) is 9.05. The topological polar surface area (TPSA) is 20.2 Å². The third kappa shape index (κ3) is 8.05. The van der Waals surface area contributed by atoms with Crippen molar-refractivity contribution >= 4 is 11.8 Å². The summed E-state index contributed by atoms with van der Waals surface area (Å²) in [6.07, 6.45) is 5.36. The summed E-state index contributed by atoms with van der Waals surface area (Å²) in [5, 5.41) is 10.5. The number of hydrogen-bond donors (Lipinski definition) is 1. The van der Waals surface area contributed by atoms with Crippen molar-refractivity contribution in [2.75, 3.05) is 12.4 Å². The molecule has 0 aromatic carbocycles. The Labute approximate surface area is 67.5 Å². The Morgan fingerprint density at radius 3 is 2.90 bits per heavy atom. The van der Waals surface area contributed by atoms with E-state index in [9.17, 15) is 0 Å². The van der Waals surface area contributed by atoms with Crippen molar-refractivity contribution in [1.29, 1.82) is 0 Å². The first-order chi connectivity index (χ1) is 4.91. The number of hydrogen-bond acceptors (Lipinski definition) is 2. The van der Waals surface area contributed by atoms with Gasteiger partial charge in [-0.3, -0.25) is 0 Å². The van der Waals surface area contributed by atoms with Crippen LogP contribution in [-0.2, 0) is 0 Å². The van der Waals surface area contributed by atoms with Crippen molar-refractivity contribution in [1.82, 2.24) is 0 Å². The highest BCUT2D eigenvalue weighted by Gasteiger charge is 1.80. The van der Waals surface area contributed by atoms with E-state index in [1.807, 2.05) is 17.8 Å². The second-order valence-electron chi connectivity index (χ2n) is 2.11.